The average Bonchev–Trinajstić information content (AvgIpc) is 2.85. The van der Waals surface area contributed by atoms with E-state index in [1.165, 1.54) is 4.57 Å². The van der Waals surface area contributed by atoms with E-state index in [1.54, 1.807) is 18.5 Å². The number of pyridine rings is 1. The summed E-state index contributed by atoms with van der Waals surface area (Å²) in [6, 6.07) is 3.71. The monoisotopic (exact) mass is 229 g/mol. The Morgan fingerprint density at radius 2 is 2.24 bits per heavy atom. The summed E-state index contributed by atoms with van der Waals surface area (Å²) in [6.07, 6.45) is 3.24. The fourth-order valence-electron chi connectivity index (χ4n) is 1.80. The molecule has 6 nitrogen and oxygen atoms in total. The molecule has 17 heavy (non-hydrogen) atoms. The molecular formula is C11H11N5O. The first-order chi connectivity index (χ1) is 8.15. The van der Waals surface area contributed by atoms with E-state index >= 15 is 0 Å². The largest absolute Gasteiger partial charge is 0.383 e. The molecule has 4 N–H and O–H groups in total. The van der Waals surface area contributed by atoms with Crippen LogP contribution in [0.5, 0.6) is 0 Å². The van der Waals surface area contributed by atoms with Crippen LogP contribution in [0, 0.1) is 6.92 Å². The molecule has 0 bridgehead atoms. The number of nitrogen functional groups attached to an aromatic ring is 1. The minimum Gasteiger partial charge on any atom is -0.383 e. The Hall–Kier alpha value is -2.50. The van der Waals surface area contributed by atoms with Gasteiger partial charge in [0, 0.05) is 18.5 Å². The van der Waals surface area contributed by atoms with Gasteiger partial charge in [-0.3, -0.25) is 4.57 Å². The summed E-state index contributed by atoms with van der Waals surface area (Å²) in [7, 11) is 0. The number of H-pyrrole nitrogens is 2. The Morgan fingerprint density at radius 3 is 2.94 bits per heavy atom. The molecule has 0 saturated heterocycles. The number of aromatic amines is 2. The molecule has 0 radical (unpaired) electrons. The second-order valence-electron chi connectivity index (χ2n) is 3.91. The summed E-state index contributed by atoms with van der Waals surface area (Å²) in [5, 5.41) is 0. The molecule has 0 aliphatic heterocycles. The third-order valence-electron chi connectivity index (χ3n) is 2.73. The maximum absolute atomic E-state index is 11.5. The molecule has 0 saturated carbocycles. The van der Waals surface area contributed by atoms with Gasteiger partial charge in [0.05, 0.1) is 11.0 Å². The van der Waals surface area contributed by atoms with E-state index in [-0.39, 0.29) is 5.69 Å². The first kappa shape index (κ1) is 9.71. The second kappa shape index (κ2) is 3.24. The van der Waals surface area contributed by atoms with Crippen molar-refractivity contribution in [1.82, 2.24) is 19.5 Å². The van der Waals surface area contributed by atoms with Gasteiger partial charge in [0.1, 0.15) is 11.6 Å². The van der Waals surface area contributed by atoms with Crippen LogP contribution in [0.2, 0.25) is 0 Å². The van der Waals surface area contributed by atoms with Crippen LogP contribution >= 0.6 is 0 Å². The van der Waals surface area contributed by atoms with E-state index in [4.69, 9.17) is 5.73 Å². The van der Waals surface area contributed by atoms with Gasteiger partial charge in [-0.25, -0.2) is 9.78 Å². The van der Waals surface area contributed by atoms with Gasteiger partial charge in [0.25, 0.3) is 0 Å². The Morgan fingerprint density at radius 1 is 1.41 bits per heavy atom. The summed E-state index contributed by atoms with van der Waals surface area (Å²) in [6.45, 7) is 1.89. The van der Waals surface area contributed by atoms with Crippen molar-refractivity contribution in [3.8, 4) is 5.82 Å². The zero-order chi connectivity index (χ0) is 12.0. The standard InChI is InChI=1S/C11H11N5O/c1-6-4-7-8(15-10(6)12)5-9(14-7)16-3-2-13-11(16)17/h2-5,14H,1H3,(H2,12,15)(H,13,17). The maximum Gasteiger partial charge on any atom is 0.331 e. The number of rotatable bonds is 1. The normalized spacial score (nSPS) is 11.1. The van der Waals surface area contributed by atoms with Crippen LogP contribution in [0.1, 0.15) is 5.56 Å². The minimum atomic E-state index is -0.193. The van der Waals surface area contributed by atoms with Crippen molar-refractivity contribution in [2.45, 2.75) is 6.92 Å². The summed E-state index contributed by atoms with van der Waals surface area (Å²) in [5.74, 6) is 1.17. The third kappa shape index (κ3) is 1.42. The van der Waals surface area contributed by atoms with Gasteiger partial charge < -0.3 is 15.7 Å². The van der Waals surface area contributed by atoms with E-state index in [2.05, 4.69) is 15.0 Å². The molecule has 3 aromatic rings. The maximum atomic E-state index is 11.5. The topological polar surface area (TPSA) is 92.5 Å². The van der Waals surface area contributed by atoms with Crippen LogP contribution < -0.4 is 11.4 Å². The molecule has 6 heteroatoms. The number of aryl methyl sites for hydroxylation is 1. The smallest absolute Gasteiger partial charge is 0.331 e. The molecule has 0 aliphatic carbocycles. The Bertz CT molecular complexity index is 710. The van der Waals surface area contributed by atoms with Gasteiger partial charge in [-0.05, 0) is 18.6 Å². The predicted octanol–water partition coefficient (Wildman–Crippen LogP) is 0.933. The van der Waals surface area contributed by atoms with Crippen LogP contribution in [0.4, 0.5) is 5.82 Å². The number of nitrogens with one attached hydrogen (secondary N) is 2. The van der Waals surface area contributed by atoms with E-state index < -0.39 is 0 Å². The lowest BCUT2D eigenvalue weighted by Crippen LogP contribution is -2.13. The fourth-order valence-corrected chi connectivity index (χ4v) is 1.80. The van der Waals surface area contributed by atoms with Gasteiger partial charge in [0.15, 0.2) is 0 Å². The van der Waals surface area contributed by atoms with Gasteiger partial charge in [-0.2, -0.15) is 0 Å². The quantitative estimate of drug-likeness (QED) is 0.579. The van der Waals surface area contributed by atoms with Crippen LogP contribution in [0.15, 0.2) is 29.3 Å². The number of aromatic nitrogens is 4. The zero-order valence-corrected chi connectivity index (χ0v) is 9.19. The highest BCUT2D eigenvalue weighted by Crippen LogP contribution is 2.19. The molecule has 0 aromatic carbocycles. The molecule has 3 aromatic heterocycles. The molecule has 0 spiro atoms. The molecule has 0 atom stereocenters. The van der Waals surface area contributed by atoms with Crippen molar-refractivity contribution in [2.24, 2.45) is 0 Å². The molecule has 3 rings (SSSR count). The highest BCUT2D eigenvalue weighted by Gasteiger charge is 2.07. The van der Waals surface area contributed by atoms with Crippen LogP contribution in [0.25, 0.3) is 16.9 Å². The minimum absolute atomic E-state index is 0.193. The first-order valence-corrected chi connectivity index (χ1v) is 5.17. The zero-order valence-electron chi connectivity index (χ0n) is 9.19. The SMILES string of the molecule is Cc1cc2[nH]c(-n3cc[nH]c3=O)cc2nc1N. The number of nitrogens with zero attached hydrogens (tertiary/aromatic N) is 2. The van der Waals surface area contributed by atoms with E-state index in [9.17, 15) is 4.79 Å². The summed E-state index contributed by atoms with van der Waals surface area (Å²) >= 11 is 0. The molecule has 86 valence electrons. The van der Waals surface area contributed by atoms with E-state index in [0.29, 0.717) is 11.6 Å². The molecule has 0 fully saturated rings. The molecule has 0 aliphatic rings. The van der Waals surface area contributed by atoms with Crippen molar-refractivity contribution < 1.29 is 0 Å². The number of imidazole rings is 1. The lowest BCUT2D eigenvalue weighted by molar-refractivity contribution is 0.957. The second-order valence-corrected chi connectivity index (χ2v) is 3.91. The van der Waals surface area contributed by atoms with E-state index in [0.717, 1.165) is 16.6 Å². The van der Waals surface area contributed by atoms with Crippen molar-refractivity contribution >= 4 is 16.9 Å². The third-order valence-corrected chi connectivity index (χ3v) is 2.73. The number of hydrogen-bond donors (Lipinski definition) is 3. The van der Waals surface area contributed by atoms with Crippen LogP contribution in [0.3, 0.4) is 0 Å². The lowest BCUT2D eigenvalue weighted by Gasteiger charge is -1.97. The highest BCUT2D eigenvalue weighted by atomic mass is 16.1. The Balaban J connectivity index is 2.27. The van der Waals surface area contributed by atoms with Crippen LogP contribution in [-0.2, 0) is 0 Å². The van der Waals surface area contributed by atoms with E-state index in [1.807, 2.05) is 13.0 Å². The fraction of sp³-hybridized carbons (Fsp3) is 0.0909. The predicted molar refractivity (Wildman–Crippen MR) is 65.2 cm³/mol. The Labute approximate surface area is 96.1 Å². The Kier molecular flexibility index (Phi) is 1.85. The molecule has 0 unspecified atom stereocenters. The van der Waals surface area contributed by atoms with Gasteiger partial charge in [-0.1, -0.05) is 0 Å². The van der Waals surface area contributed by atoms with Crippen molar-refractivity contribution in [2.75, 3.05) is 5.73 Å². The van der Waals surface area contributed by atoms with Crippen molar-refractivity contribution in [1.29, 1.82) is 0 Å². The molecule has 0 amide bonds. The first-order valence-electron chi connectivity index (χ1n) is 5.17. The van der Waals surface area contributed by atoms with Gasteiger partial charge in [-0.15, -0.1) is 0 Å². The summed E-state index contributed by atoms with van der Waals surface area (Å²) < 4.78 is 1.48. The van der Waals surface area contributed by atoms with Crippen molar-refractivity contribution in [3.05, 3.63) is 40.6 Å². The number of fused-ring (bicyclic) bond motifs is 1. The van der Waals surface area contributed by atoms with Gasteiger partial charge >= 0.3 is 5.69 Å². The number of hydrogen-bond acceptors (Lipinski definition) is 3. The highest BCUT2D eigenvalue weighted by molar-refractivity contribution is 5.80. The lowest BCUT2D eigenvalue weighted by atomic mass is 10.2. The number of anilines is 1. The van der Waals surface area contributed by atoms with Crippen LogP contribution in [-0.4, -0.2) is 19.5 Å². The average molecular weight is 229 g/mol. The molecule has 3 heterocycles. The summed E-state index contributed by atoms with van der Waals surface area (Å²) in [4.78, 5) is 21.4. The van der Waals surface area contributed by atoms with Crippen molar-refractivity contribution in [3.63, 3.8) is 0 Å². The molecular weight excluding hydrogens is 218 g/mol. The summed E-state index contributed by atoms with van der Waals surface area (Å²) in [5.41, 5.74) is 8.07. The van der Waals surface area contributed by atoms with Gasteiger partial charge in [0.2, 0.25) is 0 Å². The number of nitrogens with two attached hydrogens (primary N) is 1.